The van der Waals surface area contributed by atoms with Crippen LogP contribution in [-0.4, -0.2) is 47.1 Å². The summed E-state index contributed by atoms with van der Waals surface area (Å²) in [5, 5.41) is 12.6. The number of aliphatic hydroxyl groups is 1. The van der Waals surface area contributed by atoms with Gasteiger partial charge in [-0.1, -0.05) is 36.4 Å². The third-order valence-electron chi connectivity index (χ3n) is 4.78. The van der Waals surface area contributed by atoms with E-state index in [-0.39, 0.29) is 26.1 Å². The summed E-state index contributed by atoms with van der Waals surface area (Å²) in [6.45, 7) is 0.272. The van der Waals surface area contributed by atoms with Crippen molar-refractivity contribution in [3.05, 3.63) is 48.5 Å². The molecule has 132 valence electrons. The minimum Gasteiger partial charge on any atom is -0.390 e. The highest BCUT2D eigenvalue weighted by atomic mass is 32.2. The third-order valence-corrected chi connectivity index (χ3v) is 6.71. The van der Waals surface area contributed by atoms with Gasteiger partial charge in [0, 0.05) is 41.3 Å². The van der Waals surface area contributed by atoms with E-state index in [1.807, 2.05) is 53.1 Å². The molecule has 0 radical (unpaired) electrons. The fourth-order valence-corrected chi connectivity index (χ4v) is 5.05. The first kappa shape index (κ1) is 16.5. The minimum absolute atomic E-state index is 0.0373. The molecule has 0 saturated carbocycles. The van der Waals surface area contributed by atoms with Crippen LogP contribution in [-0.2, 0) is 16.6 Å². The van der Waals surface area contributed by atoms with Crippen molar-refractivity contribution in [3.8, 4) is 0 Å². The van der Waals surface area contributed by atoms with E-state index in [1.165, 1.54) is 0 Å². The Bertz CT molecular complexity index is 978. The van der Waals surface area contributed by atoms with Crippen LogP contribution in [0.4, 0.5) is 4.39 Å². The molecule has 0 spiro atoms. The summed E-state index contributed by atoms with van der Waals surface area (Å²) in [6.07, 6.45) is -0.955. The molecule has 2 heterocycles. The van der Waals surface area contributed by atoms with Crippen LogP contribution < -0.4 is 0 Å². The fourth-order valence-electron chi connectivity index (χ4n) is 3.58. The first-order chi connectivity index (χ1) is 12.0. The maximum atomic E-state index is 13.5. The number of aliphatic hydroxyl groups excluding tert-OH is 1. The molecule has 25 heavy (non-hydrogen) atoms. The summed E-state index contributed by atoms with van der Waals surface area (Å²) in [5.41, 5.74) is 0.110. The van der Waals surface area contributed by atoms with Gasteiger partial charge in [0.1, 0.15) is 0 Å². The van der Waals surface area contributed by atoms with Crippen LogP contribution in [0.25, 0.3) is 21.8 Å². The molecule has 7 heteroatoms. The number of sulfonamides is 1. The molecule has 1 aliphatic heterocycles. The Kier molecular flexibility index (Phi) is 4.02. The van der Waals surface area contributed by atoms with Crippen molar-refractivity contribution < 1.29 is 17.9 Å². The molecule has 0 bridgehead atoms. The quantitative estimate of drug-likeness (QED) is 0.776. The average molecular weight is 362 g/mol. The molecule has 2 aromatic carbocycles. The zero-order valence-corrected chi connectivity index (χ0v) is 14.4. The van der Waals surface area contributed by atoms with Gasteiger partial charge in [0.2, 0.25) is 15.5 Å². The van der Waals surface area contributed by atoms with E-state index >= 15 is 0 Å². The number of rotatable bonds is 4. The van der Waals surface area contributed by atoms with Crippen LogP contribution in [0.15, 0.2) is 48.5 Å². The molecule has 1 aliphatic rings. The number of hydrogen-bond donors (Lipinski definition) is 1. The van der Waals surface area contributed by atoms with E-state index in [0.717, 1.165) is 26.1 Å². The summed E-state index contributed by atoms with van der Waals surface area (Å²) in [7, 11) is -3.93. The monoisotopic (exact) mass is 362 g/mol. The summed E-state index contributed by atoms with van der Waals surface area (Å²) in [4.78, 5) is 0. The zero-order chi connectivity index (χ0) is 17.6. The molecule has 4 rings (SSSR count). The Morgan fingerprint density at radius 2 is 1.60 bits per heavy atom. The van der Waals surface area contributed by atoms with Crippen molar-refractivity contribution in [1.29, 1.82) is 0 Å². The molecule has 2 atom stereocenters. The molecular weight excluding hydrogens is 343 g/mol. The number of fused-ring (bicyclic) bond motifs is 3. The maximum Gasteiger partial charge on any atom is 0.246 e. The Balaban J connectivity index is 1.66. The van der Waals surface area contributed by atoms with Crippen molar-refractivity contribution in [2.75, 3.05) is 13.1 Å². The lowest BCUT2D eigenvalue weighted by molar-refractivity contribution is 0.133. The number of aromatic nitrogens is 1. The second-order valence-corrected chi connectivity index (χ2v) is 8.46. The summed E-state index contributed by atoms with van der Waals surface area (Å²) < 4.78 is 40.3. The van der Waals surface area contributed by atoms with Gasteiger partial charge in [0.15, 0.2) is 0 Å². The largest absolute Gasteiger partial charge is 0.390 e. The predicted molar refractivity (Wildman–Crippen MR) is 95.5 cm³/mol. The van der Waals surface area contributed by atoms with Gasteiger partial charge in [-0.25, -0.2) is 12.8 Å². The van der Waals surface area contributed by atoms with Gasteiger partial charge < -0.3 is 9.67 Å². The van der Waals surface area contributed by atoms with Crippen molar-refractivity contribution in [2.24, 2.45) is 0 Å². The lowest BCUT2D eigenvalue weighted by Crippen LogP contribution is -2.36. The van der Waals surface area contributed by atoms with Crippen LogP contribution in [0.3, 0.4) is 0 Å². The normalized spacial score (nSPS) is 21.9. The zero-order valence-electron chi connectivity index (χ0n) is 13.5. The number of β-amino-alcohol motifs (C(OH)–C–C–N with tert-alkyl or cyclic N) is 1. The van der Waals surface area contributed by atoms with E-state index in [2.05, 4.69) is 0 Å². The molecule has 0 amide bonds. The van der Waals surface area contributed by atoms with Crippen molar-refractivity contribution in [1.82, 2.24) is 8.87 Å². The summed E-state index contributed by atoms with van der Waals surface area (Å²) in [6, 6.07) is 15.8. The van der Waals surface area contributed by atoms with E-state index in [4.69, 9.17) is 0 Å². The van der Waals surface area contributed by atoms with E-state index < -0.39 is 21.6 Å². The number of hydrogen-bond acceptors (Lipinski definition) is 3. The van der Waals surface area contributed by atoms with Crippen LogP contribution in [0.2, 0.25) is 0 Å². The Hall–Kier alpha value is -1.96. The number of alkyl halides is 1. The summed E-state index contributed by atoms with van der Waals surface area (Å²) >= 11 is 0. The molecule has 1 N–H and O–H groups in total. The average Bonchev–Trinajstić information content (AvgIpc) is 3.05. The van der Waals surface area contributed by atoms with Gasteiger partial charge in [-0.3, -0.25) is 0 Å². The van der Waals surface area contributed by atoms with Gasteiger partial charge in [-0.15, -0.1) is 0 Å². The van der Waals surface area contributed by atoms with E-state index in [0.29, 0.717) is 0 Å². The van der Waals surface area contributed by atoms with E-state index in [9.17, 15) is 17.9 Å². The first-order valence-electron chi connectivity index (χ1n) is 8.25. The fraction of sp³-hybridized carbons (Fsp3) is 0.333. The molecule has 0 aliphatic carbocycles. The van der Waals surface area contributed by atoms with Crippen LogP contribution >= 0.6 is 0 Å². The highest BCUT2D eigenvalue weighted by Gasteiger charge is 2.39. The maximum absolute atomic E-state index is 13.5. The number of benzene rings is 2. The van der Waals surface area contributed by atoms with Crippen molar-refractivity contribution >= 4 is 31.8 Å². The second-order valence-electron chi connectivity index (χ2n) is 6.40. The van der Waals surface area contributed by atoms with E-state index in [1.54, 1.807) is 0 Å². The standard InChI is InChI=1S/C18H19FN2O3S/c19-18-9-10-20(25(18,23)24)11-13(22)12-21-16-7-3-1-5-14(16)15-6-2-4-8-17(15)21/h1-8,13,18,22H,9-12H2. The number of halogens is 1. The van der Waals surface area contributed by atoms with Crippen LogP contribution in [0, 0.1) is 0 Å². The lowest BCUT2D eigenvalue weighted by Gasteiger charge is -2.20. The molecule has 3 aromatic rings. The molecular formula is C18H19FN2O3S. The number of nitrogens with zero attached hydrogens (tertiary/aromatic N) is 2. The minimum atomic E-state index is -3.93. The Labute approximate surface area is 145 Å². The van der Waals surface area contributed by atoms with Gasteiger partial charge in [0.05, 0.1) is 12.6 Å². The predicted octanol–water partition coefficient (Wildman–Crippen LogP) is 2.49. The molecule has 1 saturated heterocycles. The number of para-hydroxylation sites is 2. The molecule has 2 unspecified atom stereocenters. The van der Waals surface area contributed by atoms with Crippen LogP contribution in [0.1, 0.15) is 6.42 Å². The Morgan fingerprint density at radius 1 is 1.04 bits per heavy atom. The molecule has 1 fully saturated rings. The van der Waals surface area contributed by atoms with Crippen molar-refractivity contribution in [3.63, 3.8) is 0 Å². The van der Waals surface area contributed by atoms with Gasteiger partial charge in [-0.2, -0.15) is 4.31 Å². The smallest absolute Gasteiger partial charge is 0.246 e. The first-order valence-corrected chi connectivity index (χ1v) is 9.76. The van der Waals surface area contributed by atoms with Crippen molar-refractivity contribution in [2.45, 2.75) is 24.6 Å². The molecule has 1 aromatic heterocycles. The van der Waals surface area contributed by atoms with Crippen LogP contribution in [0.5, 0.6) is 0 Å². The molecule has 5 nitrogen and oxygen atoms in total. The SMILES string of the molecule is O=S1(=O)C(F)CCN1CC(O)Cn1c2ccccc2c2ccccc21. The third kappa shape index (κ3) is 2.72. The second kappa shape index (κ2) is 6.09. The summed E-state index contributed by atoms with van der Waals surface area (Å²) in [5.74, 6) is 0. The highest BCUT2D eigenvalue weighted by molar-refractivity contribution is 7.89. The van der Waals surface area contributed by atoms with Gasteiger partial charge in [-0.05, 0) is 12.1 Å². The topological polar surface area (TPSA) is 62.5 Å². The Morgan fingerprint density at radius 3 is 2.12 bits per heavy atom. The van der Waals surface area contributed by atoms with Gasteiger partial charge in [0.25, 0.3) is 0 Å². The van der Waals surface area contributed by atoms with Gasteiger partial charge >= 0.3 is 0 Å². The highest BCUT2D eigenvalue weighted by Crippen LogP contribution is 2.29. The lowest BCUT2D eigenvalue weighted by atomic mass is 10.2.